The van der Waals surface area contributed by atoms with Gasteiger partial charge in [0.15, 0.2) is 11.6 Å². The molecule has 5 heteroatoms. The maximum absolute atomic E-state index is 13.7. The van der Waals surface area contributed by atoms with Crippen LogP contribution in [0.15, 0.2) is 6.07 Å². The van der Waals surface area contributed by atoms with Crippen molar-refractivity contribution in [2.45, 2.75) is 24.8 Å². The topological polar surface area (TPSA) is 35.2 Å². The summed E-state index contributed by atoms with van der Waals surface area (Å²) in [6.45, 7) is 0. The minimum atomic E-state index is -0.879. The molecular weight excluding hydrogens is 236 g/mol. The zero-order chi connectivity index (χ0) is 11.9. The minimum Gasteiger partial charge on any atom is -0.493 e. The van der Waals surface area contributed by atoms with Crippen molar-refractivity contribution in [2.75, 3.05) is 7.11 Å². The second-order valence-electron chi connectivity index (χ2n) is 4.08. The van der Waals surface area contributed by atoms with E-state index in [1.54, 1.807) is 0 Å². The molecule has 0 saturated heterocycles. The molecule has 2 nitrogen and oxygen atoms in total. The standard InChI is InChI=1S/C11H12ClF2NO/c1-16-10-6(11(15)3-2-4-11)5-7(13)8(12)9(10)14/h5H,2-4,15H2,1H3. The molecular formula is C11H12ClF2NO. The van der Waals surface area contributed by atoms with E-state index in [9.17, 15) is 8.78 Å². The molecule has 2 rings (SSSR count). The molecule has 1 aromatic carbocycles. The first-order valence-corrected chi connectivity index (χ1v) is 5.38. The molecule has 0 aromatic heterocycles. The van der Waals surface area contributed by atoms with Crippen LogP contribution in [0.2, 0.25) is 5.02 Å². The van der Waals surface area contributed by atoms with Crippen LogP contribution < -0.4 is 10.5 Å². The molecule has 1 fully saturated rings. The summed E-state index contributed by atoms with van der Waals surface area (Å²) in [6.07, 6.45) is 2.35. The Hall–Kier alpha value is -0.870. The Morgan fingerprint density at radius 3 is 2.50 bits per heavy atom. The lowest BCUT2D eigenvalue weighted by Gasteiger charge is -2.39. The highest BCUT2D eigenvalue weighted by atomic mass is 35.5. The molecule has 0 aliphatic heterocycles. The van der Waals surface area contributed by atoms with Crippen molar-refractivity contribution in [3.05, 3.63) is 28.3 Å². The minimum absolute atomic E-state index is 0.0476. The second-order valence-corrected chi connectivity index (χ2v) is 4.45. The summed E-state index contributed by atoms with van der Waals surface area (Å²) in [5.41, 5.74) is 5.71. The van der Waals surface area contributed by atoms with Crippen LogP contribution in [0.3, 0.4) is 0 Å². The van der Waals surface area contributed by atoms with Gasteiger partial charge in [-0.2, -0.15) is 0 Å². The molecule has 1 aliphatic rings. The van der Waals surface area contributed by atoms with Crippen LogP contribution >= 0.6 is 11.6 Å². The van der Waals surface area contributed by atoms with Gasteiger partial charge in [-0.1, -0.05) is 11.6 Å². The highest BCUT2D eigenvalue weighted by Gasteiger charge is 2.38. The maximum atomic E-state index is 13.7. The van der Waals surface area contributed by atoms with Crippen molar-refractivity contribution in [1.82, 2.24) is 0 Å². The summed E-state index contributed by atoms with van der Waals surface area (Å²) in [5.74, 6) is -1.73. The summed E-state index contributed by atoms with van der Waals surface area (Å²) in [6, 6.07) is 1.17. The fourth-order valence-electron chi connectivity index (χ4n) is 1.97. The molecule has 1 saturated carbocycles. The first-order chi connectivity index (χ1) is 7.49. The largest absolute Gasteiger partial charge is 0.493 e. The zero-order valence-corrected chi connectivity index (χ0v) is 9.57. The van der Waals surface area contributed by atoms with Crippen LogP contribution in [-0.4, -0.2) is 7.11 Å². The molecule has 16 heavy (non-hydrogen) atoms. The third-order valence-electron chi connectivity index (χ3n) is 3.10. The molecule has 0 atom stereocenters. The van der Waals surface area contributed by atoms with Crippen LogP contribution in [0, 0.1) is 11.6 Å². The molecule has 0 heterocycles. The van der Waals surface area contributed by atoms with E-state index in [0.717, 1.165) is 6.42 Å². The number of hydrogen-bond donors (Lipinski definition) is 1. The number of halogens is 3. The van der Waals surface area contributed by atoms with Gasteiger partial charge in [-0.05, 0) is 25.3 Å². The van der Waals surface area contributed by atoms with Crippen LogP contribution in [0.4, 0.5) is 8.78 Å². The number of methoxy groups -OCH3 is 1. The highest BCUT2D eigenvalue weighted by Crippen LogP contribution is 2.45. The van der Waals surface area contributed by atoms with Gasteiger partial charge in [0.05, 0.1) is 7.11 Å². The molecule has 0 amide bonds. The Kier molecular flexibility index (Phi) is 2.80. The predicted octanol–water partition coefficient (Wildman–Crippen LogP) is 2.96. The predicted molar refractivity (Wildman–Crippen MR) is 57.6 cm³/mol. The van der Waals surface area contributed by atoms with Crippen LogP contribution in [-0.2, 0) is 5.54 Å². The molecule has 88 valence electrons. The van der Waals surface area contributed by atoms with E-state index in [-0.39, 0.29) is 5.75 Å². The smallest absolute Gasteiger partial charge is 0.186 e. The van der Waals surface area contributed by atoms with Crippen molar-refractivity contribution in [2.24, 2.45) is 5.73 Å². The van der Waals surface area contributed by atoms with E-state index >= 15 is 0 Å². The van der Waals surface area contributed by atoms with Gasteiger partial charge in [0.2, 0.25) is 0 Å². The van der Waals surface area contributed by atoms with Gasteiger partial charge in [0.25, 0.3) is 0 Å². The number of benzene rings is 1. The molecule has 2 N–H and O–H groups in total. The molecule has 1 aliphatic carbocycles. The van der Waals surface area contributed by atoms with E-state index in [1.807, 2.05) is 0 Å². The summed E-state index contributed by atoms with van der Waals surface area (Å²) < 4.78 is 32.0. The fourth-order valence-corrected chi connectivity index (χ4v) is 2.12. The quantitative estimate of drug-likeness (QED) is 0.816. The van der Waals surface area contributed by atoms with E-state index in [0.29, 0.717) is 18.4 Å². The van der Waals surface area contributed by atoms with Gasteiger partial charge in [0.1, 0.15) is 10.8 Å². The van der Waals surface area contributed by atoms with Gasteiger partial charge < -0.3 is 10.5 Å². The van der Waals surface area contributed by atoms with E-state index in [1.165, 1.54) is 13.2 Å². The Bertz CT molecular complexity index is 432. The van der Waals surface area contributed by atoms with Crippen molar-refractivity contribution >= 4 is 11.6 Å². The molecule has 0 unspecified atom stereocenters. The van der Waals surface area contributed by atoms with Gasteiger partial charge in [-0.25, -0.2) is 8.78 Å². The Balaban J connectivity index is 2.60. The fraction of sp³-hybridized carbons (Fsp3) is 0.455. The molecule has 0 spiro atoms. The van der Waals surface area contributed by atoms with Gasteiger partial charge in [0, 0.05) is 11.1 Å². The molecule has 0 radical (unpaired) electrons. The van der Waals surface area contributed by atoms with Crippen molar-refractivity contribution in [3.63, 3.8) is 0 Å². The summed E-state index contributed by atoms with van der Waals surface area (Å²) >= 11 is 5.47. The second kappa shape index (κ2) is 3.86. The third kappa shape index (κ3) is 1.57. The van der Waals surface area contributed by atoms with Crippen LogP contribution in [0.1, 0.15) is 24.8 Å². The van der Waals surface area contributed by atoms with Crippen LogP contribution in [0.25, 0.3) is 0 Å². The number of ether oxygens (including phenoxy) is 1. The van der Waals surface area contributed by atoms with Crippen molar-refractivity contribution < 1.29 is 13.5 Å². The summed E-state index contributed by atoms with van der Waals surface area (Å²) in [4.78, 5) is 0. The Labute approximate surface area is 97.3 Å². The van der Waals surface area contributed by atoms with Gasteiger partial charge in [-0.3, -0.25) is 0 Å². The number of hydrogen-bond acceptors (Lipinski definition) is 2. The van der Waals surface area contributed by atoms with E-state index in [4.69, 9.17) is 22.1 Å². The Morgan fingerprint density at radius 1 is 1.44 bits per heavy atom. The number of rotatable bonds is 2. The third-order valence-corrected chi connectivity index (χ3v) is 3.45. The number of nitrogens with two attached hydrogens (primary N) is 1. The monoisotopic (exact) mass is 247 g/mol. The summed E-state index contributed by atoms with van der Waals surface area (Å²) in [5, 5.41) is -0.552. The van der Waals surface area contributed by atoms with E-state index in [2.05, 4.69) is 0 Å². The van der Waals surface area contributed by atoms with Crippen molar-refractivity contribution in [3.8, 4) is 5.75 Å². The SMILES string of the molecule is COc1c(C2(N)CCC2)cc(F)c(Cl)c1F. The first kappa shape index (κ1) is 11.6. The van der Waals surface area contributed by atoms with Crippen molar-refractivity contribution in [1.29, 1.82) is 0 Å². The van der Waals surface area contributed by atoms with Gasteiger partial charge >= 0.3 is 0 Å². The van der Waals surface area contributed by atoms with Crippen LogP contribution in [0.5, 0.6) is 5.75 Å². The maximum Gasteiger partial charge on any atom is 0.186 e. The lowest BCUT2D eigenvalue weighted by molar-refractivity contribution is 0.239. The average Bonchev–Trinajstić information content (AvgIpc) is 2.22. The molecule has 0 bridgehead atoms. The van der Waals surface area contributed by atoms with Gasteiger partial charge in [-0.15, -0.1) is 0 Å². The average molecular weight is 248 g/mol. The highest BCUT2D eigenvalue weighted by molar-refractivity contribution is 6.31. The van der Waals surface area contributed by atoms with E-state index < -0.39 is 22.2 Å². The lowest BCUT2D eigenvalue weighted by Crippen LogP contribution is -2.43. The molecule has 1 aromatic rings. The normalized spacial score (nSPS) is 18.1. The Morgan fingerprint density at radius 2 is 2.06 bits per heavy atom. The first-order valence-electron chi connectivity index (χ1n) is 5.00. The lowest BCUT2D eigenvalue weighted by atomic mass is 9.72. The zero-order valence-electron chi connectivity index (χ0n) is 8.82. The summed E-state index contributed by atoms with van der Waals surface area (Å²) in [7, 11) is 1.32.